The molecule has 13 heteroatoms. The van der Waals surface area contributed by atoms with Crippen LogP contribution in [0.4, 0.5) is 43.7 Å². The van der Waals surface area contributed by atoms with Crippen LogP contribution in [0.2, 0.25) is 0 Å². The van der Waals surface area contributed by atoms with Gasteiger partial charge in [-0.3, -0.25) is 4.98 Å². The smallest absolute Gasteiger partial charge is 0.384 e. The minimum absolute atomic E-state index is 0.0163. The number of rotatable bonds is 4. The van der Waals surface area contributed by atoms with Gasteiger partial charge in [0.05, 0.1) is 0 Å². The number of nitrogens with zero attached hydrogens (tertiary/aromatic N) is 5. The van der Waals surface area contributed by atoms with E-state index in [0.717, 1.165) is 29.6 Å². The van der Waals surface area contributed by atoms with E-state index in [1.54, 1.807) is 12.1 Å². The Morgan fingerprint density at radius 1 is 0.778 bits per heavy atom. The van der Waals surface area contributed by atoms with Gasteiger partial charge in [-0.2, -0.15) is 36.3 Å². The van der Waals surface area contributed by atoms with Crippen LogP contribution in [0.25, 0.3) is 22.9 Å². The molecule has 0 atom stereocenters. The fraction of sp³-hybridized carbons (Fsp3) is 0.174. The highest BCUT2D eigenvalue weighted by Gasteiger charge is 2.33. The van der Waals surface area contributed by atoms with Crippen molar-refractivity contribution >= 4 is 17.3 Å². The summed E-state index contributed by atoms with van der Waals surface area (Å²) in [7, 11) is 0. The maximum atomic E-state index is 13.2. The second kappa shape index (κ2) is 8.73. The van der Waals surface area contributed by atoms with E-state index < -0.39 is 23.7 Å². The van der Waals surface area contributed by atoms with Gasteiger partial charge in [-0.15, -0.1) is 0 Å². The van der Waals surface area contributed by atoms with Gasteiger partial charge in [-0.1, -0.05) is 18.2 Å². The number of aromatic nitrogens is 5. The molecule has 0 bridgehead atoms. The van der Waals surface area contributed by atoms with Crippen molar-refractivity contribution in [1.82, 2.24) is 24.9 Å². The molecular weight excluding hydrogens is 488 g/mol. The molecule has 1 aromatic carbocycles. The van der Waals surface area contributed by atoms with Crippen LogP contribution in [-0.4, -0.2) is 31.5 Å². The summed E-state index contributed by atoms with van der Waals surface area (Å²) in [5.41, 5.74) is -0.0723. The maximum Gasteiger partial charge on any atom is 0.433 e. The molecular formula is C23H15F6N7. The number of nitrogens with one attached hydrogen (secondary N) is 2. The van der Waals surface area contributed by atoms with E-state index in [9.17, 15) is 26.3 Å². The van der Waals surface area contributed by atoms with Crippen molar-refractivity contribution in [3.8, 4) is 22.9 Å². The largest absolute Gasteiger partial charge is 0.433 e. The Morgan fingerprint density at radius 3 is 2.31 bits per heavy atom. The van der Waals surface area contributed by atoms with Gasteiger partial charge in [0.25, 0.3) is 0 Å². The summed E-state index contributed by atoms with van der Waals surface area (Å²) in [6.45, 7) is 0.682. The number of hydrogen-bond donors (Lipinski definition) is 2. The van der Waals surface area contributed by atoms with Gasteiger partial charge >= 0.3 is 12.4 Å². The lowest BCUT2D eigenvalue weighted by Crippen LogP contribution is -2.10. The second-order valence-corrected chi connectivity index (χ2v) is 7.77. The predicted molar refractivity (Wildman–Crippen MR) is 118 cm³/mol. The second-order valence-electron chi connectivity index (χ2n) is 7.77. The van der Waals surface area contributed by atoms with Crippen molar-refractivity contribution in [1.29, 1.82) is 0 Å². The molecule has 0 fully saturated rings. The van der Waals surface area contributed by atoms with Gasteiger partial charge in [-0.25, -0.2) is 9.97 Å². The lowest BCUT2D eigenvalue weighted by Gasteiger charge is -2.13. The van der Waals surface area contributed by atoms with Crippen LogP contribution in [0.1, 0.15) is 17.0 Å². The van der Waals surface area contributed by atoms with Crippen molar-refractivity contribution in [3.05, 3.63) is 71.7 Å². The summed E-state index contributed by atoms with van der Waals surface area (Å²) >= 11 is 0. The minimum atomic E-state index is -4.69. The highest BCUT2D eigenvalue weighted by atomic mass is 19.4. The molecule has 184 valence electrons. The number of fused-ring (bicyclic) bond motifs is 1. The van der Waals surface area contributed by atoms with Gasteiger partial charge in [0, 0.05) is 29.7 Å². The molecule has 4 heterocycles. The van der Waals surface area contributed by atoms with Crippen molar-refractivity contribution in [2.45, 2.75) is 18.8 Å². The van der Waals surface area contributed by atoms with Crippen LogP contribution in [0.5, 0.6) is 0 Å². The quantitative estimate of drug-likeness (QED) is 0.343. The Hall–Kier alpha value is -4.29. The highest BCUT2D eigenvalue weighted by Crippen LogP contribution is 2.34. The predicted octanol–water partition coefficient (Wildman–Crippen LogP) is 5.74. The van der Waals surface area contributed by atoms with E-state index in [4.69, 9.17) is 0 Å². The van der Waals surface area contributed by atoms with Crippen LogP contribution in [0, 0.1) is 0 Å². The number of benzene rings is 1. The average molecular weight is 503 g/mol. The number of halogens is 6. The molecule has 1 aliphatic rings. The van der Waals surface area contributed by atoms with Crippen LogP contribution in [0.15, 0.2) is 54.7 Å². The molecule has 4 aromatic rings. The normalized spacial score (nSPS) is 13.3. The third-order valence-electron chi connectivity index (χ3n) is 5.32. The number of anilines is 3. The van der Waals surface area contributed by atoms with E-state index in [-0.39, 0.29) is 29.0 Å². The Morgan fingerprint density at radius 2 is 1.53 bits per heavy atom. The molecule has 0 saturated carbocycles. The zero-order chi connectivity index (χ0) is 25.5. The molecule has 0 radical (unpaired) electrons. The van der Waals surface area contributed by atoms with E-state index in [2.05, 4.69) is 35.6 Å². The molecule has 3 aromatic heterocycles. The summed E-state index contributed by atoms with van der Waals surface area (Å²) in [6.07, 6.45) is -7.73. The number of hydrogen-bond acceptors (Lipinski definition) is 7. The zero-order valence-corrected chi connectivity index (χ0v) is 18.1. The van der Waals surface area contributed by atoms with Gasteiger partial charge in [0.2, 0.25) is 5.95 Å². The van der Waals surface area contributed by atoms with Crippen LogP contribution >= 0.6 is 0 Å². The van der Waals surface area contributed by atoms with Crippen LogP contribution in [-0.2, 0) is 18.8 Å². The van der Waals surface area contributed by atoms with E-state index in [1.165, 1.54) is 18.2 Å². The number of pyridine rings is 2. The van der Waals surface area contributed by atoms with Crippen LogP contribution in [0.3, 0.4) is 0 Å². The maximum absolute atomic E-state index is 13.2. The van der Waals surface area contributed by atoms with Crippen molar-refractivity contribution in [2.24, 2.45) is 0 Å². The van der Waals surface area contributed by atoms with Gasteiger partial charge in [0.15, 0.2) is 11.6 Å². The fourth-order valence-corrected chi connectivity index (χ4v) is 3.73. The summed E-state index contributed by atoms with van der Waals surface area (Å²) < 4.78 is 79.0. The molecule has 36 heavy (non-hydrogen) atoms. The summed E-state index contributed by atoms with van der Waals surface area (Å²) in [5.74, 6) is -0.216. The van der Waals surface area contributed by atoms with E-state index in [1.807, 2.05) is 6.07 Å². The molecule has 0 saturated heterocycles. The SMILES string of the molecule is FC(F)(F)c1cc(Nc2nc(-c3cccc(C(F)(F)F)n3)nc(-c3cccc4c3CCN4)n2)ccn1. The standard InChI is InChI=1S/C23H15F6N7/c24-22(25,26)17-6-2-5-16(33-17)20-34-19(14-3-1-4-15-13(14)8-10-30-15)35-21(36-20)32-12-7-9-31-18(11-12)23(27,28)29/h1-7,9,11,30H,8,10H2,(H,31,32,34,35,36). The van der Waals surface area contributed by atoms with E-state index in [0.29, 0.717) is 18.5 Å². The number of alkyl halides is 6. The molecule has 0 unspecified atom stereocenters. The topological polar surface area (TPSA) is 88.5 Å². The van der Waals surface area contributed by atoms with Crippen molar-refractivity contribution < 1.29 is 26.3 Å². The van der Waals surface area contributed by atoms with Crippen molar-refractivity contribution in [3.63, 3.8) is 0 Å². The molecule has 1 aliphatic heterocycles. The molecule has 5 rings (SSSR count). The Labute approximate surface area is 199 Å². The molecule has 0 spiro atoms. The zero-order valence-electron chi connectivity index (χ0n) is 18.1. The van der Waals surface area contributed by atoms with E-state index >= 15 is 0 Å². The third-order valence-corrected chi connectivity index (χ3v) is 5.32. The molecule has 0 aliphatic carbocycles. The van der Waals surface area contributed by atoms with Gasteiger partial charge in [-0.05, 0) is 42.3 Å². The van der Waals surface area contributed by atoms with Gasteiger partial charge < -0.3 is 10.6 Å². The minimum Gasteiger partial charge on any atom is -0.384 e. The summed E-state index contributed by atoms with van der Waals surface area (Å²) in [4.78, 5) is 19.8. The third kappa shape index (κ3) is 4.76. The first-order chi connectivity index (χ1) is 17.1. The van der Waals surface area contributed by atoms with Crippen molar-refractivity contribution in [2.75, 3.05) is 17.2 Å². The first-order valence-electron chi connectivity index (χ1n) is 10.5. The van der Waals surface area contributed by atoms with Crippen LogP contribution < -0.4 is 10.6 Å². The highest BCUT2D eigenvalue weighted by molar-refractivity contribution is 5.73. The molecule has 7 nitrogen and oxygen atoms in total. The first kappa shape index (κ1) is 23.5. The lowest BCUT2D eigenvalue weighted by molar-refractivity contribution is -0.141. The summed E-state index contributed by atoms with van der Waals surface area (Å²) in [6, 6.07) is 10.7. The lowest BCUT2D eigenvalue weighted by atomic mass is 10.0. The fourth-order valence-electron chi connectivity index (χ4n) is 3.73. The Kier molecular flexibility index (Phi) is 5.69. The van der Waals surface area contributed by atoms with Gasteiger partial charge in [0.1, 0.15) is 17.1 Å². The first-order valence-corrected chi connectivity index (χ1v) is 10.5. The summed E-state index contributed by atoms with van der Waals surface area (Å²) in [5, 5.41) is 5.90. The Balaban J connectivity index is 1.63. The molecule has 0 amide bonds. The average Bonchev–Trinajstić information content (AvgIpc) is 3.32. The monoisotopic (exact) mass is 503 g/mol. The molecule has 2 N–H and O–H groups in total. The Bertz CT molecular complexity index is 1440.